The molecule has 0 bridgehead atoms. The van der Waals surface area contributed by atoms with E-state index in [1.807, 2.05) is 54.6 Å². The van der Waals surface area contributed by atoms with E-state index in [-0.39, 0.29) is 6.61 Å². The molecule has 0 spiro atoms. The summed E-state index contributed by atoms with van der Waals surface area (Å²) in [4.78, 5) is 12.0. The number of carbonyl (C=O) groups is 1. The van der Waals surface area contributed by atoms with Crippen molar-refractivity contribution in [1.29, 1.82) is 0 Å². The number of rotatable bonds is 6. The van der Waals surface area contributed by atoms with Gasteiger partial charge in [-0.15, -0.1) is 0 Å². The van der Waals surface area contributed by atoms with Gasteiger partial charge in [0.05, 0.1) is 7.11 Å². The molecule has 0 aliphatic heterocycles. The fraction of sp³-hybridized carbons (Fsp3) is 0.0952. The Bertz CT molecular complexity index is 826. The van der Waals surface area contributed by atoms with Crippen molar-refractivity contribution in [3.63, 3.8) is 0 Å². The average Bonchev–Trinajstić information content (AvgIpc) is 2.68. The second-order valence-electron chi connectivity index (χ2n) is 5.30. The van der Waals surface area contributed by atoms with E-state index in [2.05, 4.69) is 0 Å². The lowest BCUT2D eigenvalue weighted by Crippen LogP contribution is -2.17. The zero-order chi connectivity index (χ0) is 17.5. The summed E-state index contributed by atoms with van der Waals surface area (Å²) in [6, 6.07) is 24.5. The van der Waals surface area contributed by atoms with Crippen LogP contribution in [0, 0.1) is 0 Å². The predicted molar refractivity (Wildman–Crippen MR) is 96.0 cm³/mol. The summed E-state index contributed by atoms with van der Waals surface area (Å²) in [7, 11) is 1.55. The summed E-state index contributed by atoms with van der Waals surface area (Å²) in [6.07, 6.45) is 0. The fourth-order valence-corrected chi connectivity index (χ4v) is 2.38. The second kappa shape index (κ2) is 8.02. The van der Waals surface area contributed by atoms with Crippen LogP contribution in [0.15, 0.2) is 78.9 Å². The first kappa shape index (κ1) is 16.6. The van der Waals surface area contributed by atoms with Gasteiger partial charge in [-0.05, 0) is 35.4 Å². The van der Waals surface area contributed by atoms with Gasteiger partial charge in [-0.1, -0.05) is 54.6 Å². The normalized spacial score (nSPS) is 10.1. The van der Waals surface area contributed by atoms with E-state index >= 15 is 0 Å². The van der Waals surface area contributed by atoms with E-state index in [0.717, 1.165) is 11.1 Å². The van der Waals surface area contributed by atoms with Gasteiger partial charge in [0.1, 0.15) is 5.75 Å². The third-order valence-corrected chi connectivity index (χ3v) is 3.61. The Labute approximate surface area is 146 Å². The first-order valence-corrected chi connectivity index (χ1v) is 7.88. The Morgan fingerprint density at radius 1 is 0.760 bits per heavy atom. The topological polar surface area (TPSA) is 44.8 Å². The Hall–Kier alpha value is -3.27. The summed E-state index contributed by atoms with van der Waals surface area (Å²) >= 11 is 0. The molecule has 0 atom stereocenters. The zero-order valence-electron chi connectivity index (χ0n) is 13.8. The molecule has 0 unspecified atom stereocenters. The van der Waals surface area contributed by atoms with E-state index < -0.39 is 5.97 Å². The van der Waals surface area contributed by atoms with Crippen LogP contribution >= 0.6 is 0 Å². The highest BCUT2D eigenvalue weighted by atomic mass is 16.6. The molecule has 4 heteroatoms. The SMILES string of the molecule is COc1ccccc1OCC(=O)Oc1ccc(-c2ccccc2)cc1. The summed E-state index contributed by atoms with van der Waals surface area (Å²) in [5, 5.41) is 0. The summed E-state index contributed by atoms with van der Waals surface area (Å²) in [5.74, 6) is 1.08. The highest BCUT2D eigenvalue weighted by Gasteiger charge is 2.09. The maximum absolute atomic E-state index is 12.0. The zero-order valence-corrected chi connectivity index (χ0v) is 13.8. The van der Waals surface area contributed by atoms with Crippen molar-refractivity contribution in [3.8, 4) is 28.4 Å². The molecule has 0 aliphatic carbocycles. The van der Waals surface area contributed by atoms with Gasteiger partial charge in [0.2, 0.25) is 0 Å². The van der Waals surface area contributed by atoms with Crippen LogP contribution in [0.25, 0.3) is 11.1 Å². The fourth-order valence-electron chi connectivity index (χ4n) is 2.38. The molecule has 0 saturated carbocycles. The Balaban J connectivity index is 1.58. The van der Waals surface area contributed by atoms with E-state index in [1.165, 1.54) is 0 Å². The Morgan fingerprint density at radius 3 is 2.04 bits per heavy atom. The van der Waals surface area contributed by atoms with Crippen LogP contribution in [0.4, 0.5) is 0 Å². The van der Waals surface area contributed by atoms with Gasteiger partial charge in [-0.25, -0.2) is 4.79 Å². The summed E-state index contributed by atoms with van der Waals surface area (Å²) < 4.78 is 15.9. The summed E-state index contributed by atoms with van der Waals surface area (Å²) in [5.41, 5.74) is 2.17. The van der Waals surface area contributed by atoms with Gasteiger partial charge in [0.15, 0.2) is 18.1 Å². The van der Waals surface area contributed by atoms with Crippen LogP contribution in [0.3, 0.4) is 0 Å². The molecule has 3 aromatic rings. The number of ether oxygens (including phenoxy) is 3. The molecule has 0 aliphatic rings. The van der Waals surface area contributed by atoms with Gasteiger partial charge >= 0.3 is 5.97 Å². The Morgan fingerprint density at radius 2 is 1.36 bits per heavy atom. The van der Waals surface area contributed by atoms with Crippen molar-refractivity contribution < 1.29 is 19.0 Å². The first-order chi connectivity index (χ1) is 12.3. The molecule has 0 fully saturated rings. The molecule has 0 N–H and O–H groups in total. The number of hydrogen-bond acceptors (Lipinski definition) is 4. The molecule has 4 nitrogen and oxygen atoms in total. The minimum absolute atomic E-state index is 0.194. The third kappa shape index (κ3) is 4.38. The number of hydrogen-bond donors (Lipinski definition) is 0. The lowest BCUT2D eigenvalue weighted by atomic mass is 10.1. The first-order valence-electron chi connectivity index (χ1n) is 7.88. The maximum Gasteiger partial charge on any atom is 0.349 e. The quantitative estimate of drug-likeness (QED) is 0.497. The van der Waals surface area contributed by atoms with Crippen molar-refractivity contribution in [2.75, 3.05) is 13.7 Å². The molecule has 0 heterocycles. The van der Waals surface area contributed by atoms with Gasteiger partial charge in [0, 0.05) is 0 Å². The smallest absolute Gasteiger partial charge is 0.349 e. The van der Waals surface area contributed by atoms with Crippen LogP contribution in [-0.2, 0) is 4.79 Å². The minimum atomic E-state index is -0.474. The lowest BCUT2D eigenvalue weighted by Gasteiger charge is -2.10. The van der Waals surface area contributed by atoms with Crippen LogP contribution in [0.2, 0.25) is 0 Å². The molecule has 0 amide bonds. The Kier molecular flexibility index (Phi) is 5.32. The third-order valence-electron chi connectivity index (χ3n) is 3.61. The molecule has 0 saturated heterocycles. The highest BCUT2D eigenvalue weighted by Crippen LogP contribution is 2.26. The van der Waals surface area contributed by atoms with Crippen molar-refractivity contribution in [1.82, 2.24) is 0 Å². The minimum Gasteiger partial charge on any atom is -0.493 e. The predicted octanol–water partition coefficient (Wildman–Crippen LogP) is 4.35. The van der Waals surface area contributed by atoms with Gasteiger partial charge < -0.3 is 14.2 Å². The van der Waals surface area contributed by atoms with Crippen LogP contribution in [0.1, 0.15) is 0 Å². The lowest BCUT2D eigenvalue weighted by molar-refractivity contribution is -0.136. The monoisotopic (exact) mass is 334 g/mol. The van der Waals surface area contributed by atoms with E-state index in [1.54, 1.807) is 31.4 Å². The number of methoxy groups -OCH3 is 1. The maximum atomic E-state index is 12.0. The highest BCUT2D eigenvalue weighted by molar-refractivity contribution is 5.74. The number of benzene rings is 3. The molecule has 3 aromatic carbocycles. The van der Waals surface area contributed by atoms with Crippen molar-refractivity contribution in [2.24, 2.45) is 0 Å². The van der Waals surface area contributed by atoms with E-state index in [4.69, 9.17) is 14.2 Å². The molecular formula is C21H18O4. The van der Waals surface area contributed by atoms with Crippen molar-refractivity contribution in [3.05, 3.63) is 78.9 Å². The van der Waals surface area contributed by atoms with E-state index in [0.29, 0.717) is 17.2 Å². The van der Waals surface area contributed by atoms with Crippen molar-refractivity contribution in [2.45, 2.75) is 0 Å². The molecule has 126 valence electrons. The van der Waals surface area contributed by atoms with Gasteiger partial charge in [-0.3, -0.25) is 0 Å². The largest absolute Gasteiger partial charge is 0.493 e. The van der Waals surface area contributed by atoms with Crippen LogP contribution in [-0.4, -0.2) is 19.7 Å². The van der Waals surface area contributed by atoms with Crippen molar-refractivity contribution >= 4 is 5.97 Å². The second-order valence-corrected chi connectivity index (χ2v) is 5.30. The van der Waals surface area contributed by atoms with Gasteiger partial charge in [-0.2, -0.15) is 0 Å². The molecule has 25 heavy (non-hydrogen) atoms. The summed E-state index contributed by atoms with van der Waals surface area (Å²) in [6.45, 7) is -0.194. The standard InChI is InChI=1S/C21H18O4/c1-23-19-9-5-6-10-20(19)24-15-21(22)25-18-13-11-17(12-14-18)16-7-3-2-4-8-16/h2-14H,15H2,1H3. The molecule has 0 aromatic heterocycles. The molecule has 3 rings (SSSR count). The van der Waals surface area contributed by atoms with E-state index in [9.17, 15) is 4.79 Å². The molecule has 0 radical (unpaired) electrons. The number of esters is 1. The molecular weight excluding hydrogens is 316 g/mol. The number of carbonyl (C=O) groups excluding carboxylic acids is 1. The number of para-hydroxylation sites is 2. The van der Waals surface area contributed by atoms with Crippen LogP contribution < -0.4 is 14.2 Å². The van der Waals surface area contributed by atoms with Crippen LogP contribution in [0.5, 0.6) is 17.2 Å². The van der Waals surface area contributed by atoms with Gasteiger partial charge in [0.25, 0.3) is 0 Å². The average molecular weight is 334 g/mol.